The fourth-order valence-corrected chi connectivity index (χ4v) is 5.51. The van der Waals surface area contributed by atoms with Crippen molar-refractivity contribution < 1.29 is 33.0 Å². The van der Waals surface area contributed by atoms with Gasteiger partial charge in [0.2, 0.25) is 0 Å². The lowest BCUT2D eigenvalue weighted by atomic mass is 9.96. The first-order chi connectivity index (χ1) is 16.2. The number of hydrogen-bond donors (Lipinski definition) is 3. The summed E-state index contributed by atoms with van der Waals surface area (Å²) in [4.78, 5) is 28.0. The fourth-order valence-electron chi connectivity index (χ4n) is 4.00. The largest absolute Gasteiger partial charge is 0.468 e. The van der Waals surface area contributed by atoms with Crippen LogP contribution in [0.1, 0.15) is 26.0 Å². The van der Waals surface area contributed by atoms with E-state index < -0.39 is 49.3 Å². The Bertz CT molecular complexity index is 1140. The van der Waals surface area contributed by atoms with Crippen molar-refractivity contribution >= 4 is 19.5 Å². The Morgan fingerprint density at radius 2 is 2.09 bits per heavy atom. The highest BCUT2D eigenvalue weighted by Gasteiger charge is 2.64. The molecule has 5 unspecified atom stereocenters. The molecule has 1 aromatic carbocycles. The summed E-state index contributed by atoms with van der Waals surface area (Å²) in [5, 5.41) is 13.5. The molecule has 12 nitrogen and oxygen atoms in total. The molecular weight excluding hydrogens is 467 g/mol. The van der Waals surface area contributed by atoms with Crippen molar-refractivity contribution in [3.05, 3.63) is 53.1 Å². The van der Waals surface area contributed by atoms with Crippen LogP contribution in [0.5, 0.6) is 5.75 Å². The number of aromatic nitrogens is 2. The van der Waals surface area contributed by atoms with Gasteiger partial charge in [-0.3, -0.25) is 13.9 Å². The Morgan fingerprint density at radius 1 is 1.38 bits per heavy atom. The third kappa shape index (κ3) is 4.86. The van der Waals surface area contributed by atoms with Gasteiger partial charge in [-0.2, -0.15) is 10.1 Å². The Labute approximate surface area is 195 Å². The van der Waals surface area contributed by atoms with Gasteiger partial charge in [-0.1, -0.05) is 18.2 Å². The van der Waals surface area contributed by atoms with Gasteiger partial charge in [0.25, 0.3) is 0 Å². The average Bonchev–Trinajstić information content (AvgIpc) is 3.56. The molecule has 0 amide bonds. The minimum atomic E-state index is -4.11. The zero-order valence-corrected chi connectivity index (χ0v) is 19.6. The number of methoxy groups -OCH3 is 1. The number of para-hydroxylation sites is 1. The van der Waals surface area contributed by atoms with E-state index in [0.29, 0.717) is 12.8 Å². The molecule has 1 saturated heterocycles. The molecule has 4 N–H and O–H groups in total. The maximum atomic E-state index is 13.5. The van der Waals surface area contributed by atoms with Crippen LogP contribution < -0.4 is 21.0 Å². The number of esters is 1. The van der Waals surface area contributed by atoms with E-state index in [1.807, 2.05) is 0 Å². The SMILES string of the molecule is COC(=O)C(C)NP(=O)(OCC1OC(n2ccc(N)nc2=O)C2(CC2)C1O)Oc1ccccc1. The van der Waals surface area contributed by atoms with Crippen LogP contribution in [0.25, 0.3) is 0 Å². The second kappa shape index (κ2) is 9.47. The molecule has 0 radical (unpaired) electrons. The van der Waals surface area contributed by atoms with Crippen LogP contribution >= 0.6 is 7.75 Å². The molecule has 2 aliphatic rings. The van der Waals surface area contributed by atoms with Gasteiger partial charge >= 0.3 is 19.4 Å². The van der Waals surface area contributed by atoms with Crippen molar-refractivity contribution in [2.75, 3.05) is 19.5 Å². The average molecular weight is 494 g/mol. The van der Waals surface area contributed by atoms with E-state index >= 15 is 0 Å². The maximum absolute atomic E-state index is 13.5. The summed E-state index contributed by atoms with van der Waals surface area (Å²) in [5.74, 6) is -0.335. The fraction of sp³-hybridized carbons (Fsp3) is 0.476. The number of aliphatic hydroxyl groups is 1. The summed E-state index contributed by atoms with van der Waals surface area (Å²) < 4.78 is 36.6. The molecule has 1 aliphatic carbocycles. The summed E-state index contributed by atoms with van der Waals surface area (Å²) >= 11 is 0. The molecule has 0 bridgehead atoms. The number of nitrogen functional groups attached to an aromatic ring is 1. The van der Waals surface area contributed by atoms with E-state index in [-0.39, 0.29) is 18.2 Å². The number of anilines is 1. The summed E-state index contributed by atoms with van der Waals surface area (Å²) in [5.41, 5.74) is 4.29. The third-order valence-corrected chi connectivity index (χ3v) is 7.60. The second-order valence-corrected chi connectivity index (χ2v) is 10.0. The number of nitrogens with one attached hydrogen (secondary N) is 1. The van der Waals surface area contributed by atoms with E-state index in [0.717, 1.165) is 0 Å². The monoisotopic (exact) mass is 494 g/mol. The van der Waals surface area contributed by atoms with Gasteiger partial charge in [0.15, 0.2) is 0 Å². The van der Waals surface area contributed by atoms with Crippen LogP contribution in [-0.4, -0.2) is 52.6 Å². The molecule has 2 heterocycles. The van der Waals surface area contributed by atoms with Gasteiger partial charge < -0.3 is 24.8 Å². The Hall–Kier alpha value is -2.76. The highest BCUT2D eigenvalue weighted by atomic mass is 31.2. The first kappa shape index (κ1) is 24.4. The van der Waals surface area contributed by atoms with Crippen molar-refractivity contribution in [1.29, 1.82) is 0 Å². The number of carbonyl (C=O) groups is 1. The van der Waals surface area contributed by atoms with E-state index in [9.17, 15) is 19.3 Å². The van der Waals surface area contributed by atoms with Gasteiger partial charge in [-0.05, 0) is 38.0 Å². The zero-order valence-electron chi connectivity index (χ0n) is 18.7. The Balaban J connectivity index is 1.52. The summed E-state index contributed by atoms with van der Waals surface area (Å²) in [6.07, 6.45) is 0.0243. The van der Waals surface area contributed by atoms with Crippen molar-refractivity contribution in [1.82, 2.24) is 14.6 Å². The number of ether oxygens (including phenoxy) is 2. The van der Waals surface area contributed by atoms with Gasteiger partial charge in [0.1, 0.15) is 29.9 Å². The van der Waals surface area contributed by atoms with Gasteiger partial charge in [-0.25, -0.2) is 9.36 Å². The topological polar surface area (TPSA) is 164 Å². The minimum Gasteiger partial charge on any atom is -0.468 e. The molecule has 1 spiro atoms. The van der Waals surface area contributed by atoms with Crippen molar-refractivity contribution in [2.45, 2.75) is 44.2 Å². The predicted octanol–water partition coefficient (Wildman–Crippen LogP) is 1.22. The number of nitrogens with zero attached hydrogens (tertiary/aromatic N) is 2. The summed E-state index contributed by atoms with van der Waals surface area (Å²) in [6.45, 7) is 1.12. The molecule has 1 aliphatic heterocycles. The number of nitrogens with two attached hydrogens (primary N) is 1. The van der Waals surface area contributed by atoms with Gasteiger partial charge in [-0.15, -0.1) is 0 Å². The van der Waals surface area contributed by atoms with Crippen LogP contribution in [0.4, 0.5) is 5.82 Å². The number of hydrogen-bond acceptors (Lipinski definition) is 10. The quantitative estimate of drug-likeness (QED) is 0.339. The van der Waals surface area contributed by atoms with Crippen molar-refractivity contribution in [3.8, 4) is 5.75 Å². The molecule has 1 aromatic heterocycles. The van der Waals surface area contributed by atoms with Crippen LogP contribution in [0, 0.1) is 5.41 Å². The lowest BCUT2D eigenvalue weighted by Gasteiger charge is -2.24. The molecule has 5 atom stereocenters. The highest BCUT2D eigenvalue weighted by molar-refractivity contribution is 7.52. The molecule has 34 heavy (non-hydrogen) atoms. The lowest BCUT2D eigenvalue weighted by molar-refractivity contribution is -0.142. The predicted molar refractivity (Wildman–Crippen MR) is 120 cm³/mol. The minimum absolute atomic E-state index is 0.0781. The Morgan fingerprint density at radius 3 is 2.71 bits per heavy atom. The van der Waals surface area contributed by atoms with E-state index in [1.165, 1.54) is 30.9 Å². The first-order valence-corrected chi connectivity index (χ1v) is 12.2. The number of aliphatic hydroxyl groups excluding tert-OH is 1. The van der Waals surface area contributed by atoms with E-state index in [2.05, 4.69) is 14.8 Å². The molecule has 2 fully saturated rings. The first-order valence-electron chi connectivity index (χ1n) is 10.7. The van der Waals surface area contributed by atoms with Gasteiger partial charge in [0, 0.05) is 11.6 Å². The smallest absolute Gasteiger partial charge is 0.459 e. The van der Waals surface area contributed by atoms with E-state index in [4.69, 9.17) is 19.5 Å². The van der Waals surface area contributed by atoms with Gasteiger partial charge in [0.05, 0.1) is 19.8 Å². The molecule has 184 valence electrons. The van der Waals surface area contributed by atoms with Crippen molar-refractivity contribution in [3.63, 3.8) is 0 Å². The molecular formula is C21H27N4O8P. The van der Waals surface area contributed by atoms with Crippen LogP contribution in [0.2, 0.25) is 0 Å². The lowest BCUT2D eigenvalue weighted by Crippen LogP contribution is -2.36. The summed E-state index contributed by atoms with van der Waals surface area (Å²) in [6, 6.07) is 8.76. The summed E-state index contributed by atoms with van der Waals surface area (Å²) in [7, 11) is -2.91. The second-order valence-electron chi connectivity index (χ2n) is 8.32. The highest BCUT2D eigenvalue weighted by Crippen LogP contribution is 2.62. The van der Waals surface area contributed by atoms with Crippen LogP contribution in [0.15, 0.2) is 47.4 Å². The molecule has 4 rings (SSSR count). The Kier molecular flexibility index (Phi) is 6.79. The third-order valence-electron chi connectivity index (χ3n) is 5.95. The molecule has 13 heteroatoms. The normalized spacial score (nSPS) is 25.4. The number of carbonyl (C=O) groups excluding carboxylic acids is 1. The van der Waals surface area contributed by atoms with E-state index in [1.54, 1.807) is 30.3 Å². The van der Waals surface area contributed by atoms with Crippen LogP contribution in [0.3, 0.4) is 0 Å². The standard InChI is InChI=1S/C21H27N4O8P/c1-13(18(27)30-2)24-34(29,33-14-6-4-3-5-7-14)31-12-15-17(26)21(9-10-21)19(32-15)25-11-8-16(22)23-20(25)28/h3-8,11,13,15,17,19,26H,9-10,12H2,1-2H3,(H,24,29)(H2,22,23,28). The zero-order chi connectivity index (χ0) is 24.5. The van der Waals surface area contributed by atoms with Crippen LogP contribution in [-0.2, 0) is 23.4 Å². The number of rotatable bonds is 9. The maximum Gasteiger partial charge on any atom is 0.459 e. The molecule has 2 aromatic rings. The molecule has 1 saturated carbocycles. The number of benzene rings is 1. The van der Waals surface area contributed by atoms with Crippen molar-refractivity contribution in [2.24, 2.45) is 5.41 Å².